The van der Waals surface area contributed by atoms with Gasteiger partial charge in [-0.2, -0.15) is 0 Å². The Labute approximate surface area is 106 Å². The van der Waals surface area contributed by atoms with Gasteiger partial charge in [-0.05, 0) is 29.8 Å². The van der Waals surface area contributed by atoms with Crippen molar-refractivity contribution in [1.29, 1.82) is 0 Å². The molecule has 2 aromatic rings. The van der Waals surface area contributed by atoms with Gasteiger partial charge in [-0.3, -0.25) is 0 Å². The second-order valence-corrected chi connectivity index (χ2v) is 3.83. The van der Waals surface area contributed by atoms with E-state index in [4.69, 9.17) is 19.6 Å². The SMILES string of the molecule is COc1cccc(C(OCCN)c2ccco2)c1. The largest absolute Gasteiger partial charge is 0.497 e. The molecule has 96 valence electrons. The van der Waals surface area contributed by atoms with Gasteiger partial charge in [0, 0.05) is 6.54 Å². The number of ether oxygens (including phenoxy) is 2. The first-order valence-electron chi connectivity index (χ1n) is 5.84. The van der Waals surface area contributed by atoms with Gasteiger partial charge in [-0.1, -0.05) is 12.1 Å². The molecule has 2 rings (SSSR count). The van der Waals surface area contributed by atoms with Gasteiger partial charge in [0.05, 0.1) is 20.0 Å². The topological polar surface area (TPSA) is 57.6 Å². The molecule has 0 aliphatic carbocycles. The van der Waals surface area contributed by atoms with E-state index in [1.807, 2.05) is 36.4 Å². The summed E-state index contributed by atoms with van der Waals surface area (Å²) in [7, 11) is 1.64. The van der Waals surface area contributed by atoms with Crippen molar-refractivity contribution in [2.24, 2.45) is 5.73 Å². The minimum absolute atomic E-state index is 0.251. The van der Waals surface area contributed by atoms with Gasteiger partial charge in [0.25, 0.3) is 0 Å². The van der Waals surface area contributed by atoms with E-state index in [0.717, 1.165) is 17.1 Å². The van der Waals surface area contributed by atoms with Gasteiger partial charge in [-0.25, -0.2) is 0 Å². The third kappa shape index (κ3) is 2.91. The summed E-state index contributed by atoms with van der Waals surface area (Å²) in [5.41, 5.74) is 6.47. The molecule has 2 N–H and O–H groups in total. The average Bonchev–Trinajstić information content (AvgIpc) is 2.93. The zero-order valence-electron chi connectivity index (χ0n) is 10.3. The van der Waals surface area contributed by atoms with Gasteiger partial charge in [0.2, 0.25) is 0 Å². The predicted molar refractivity (Wildman–Crippen MR) is 68.6 cm³/mol. The van der Waals surface area contributed by atoms with E-state index in [1.165, 1.54) is 0 Å². The summed E-state index contributed by atoms with van der Waals surface area (Å²) in [4.78, 5) is 0. The number of furan rings is 1. The van der Waals surface area contributed by atoms with Gasteiger partial charge in [0.15, 0.2) is 0 Å². The third-order valence-corrected chi connectivity index (χ3v) is 2.60. The van der Waals surface area contributed by atoms with Gasteiger partial charge < -0.3 is 19.6 Å². The molecule has 0 fully saturated rings. The summed E-state index contributed by atoms with van der Waals surface area (Å²) < 4.78 is 16.4. The van der Waals surface area contributed by atoms with Crippen molar-refractivity contribution in [2.75, 3.05) is 20.3 Å². The van der Waals surface area contributed by atoms with Crippen LogP contribution in [0.25, 0.3) is 0 Å². The number of methoxy groups -OCH3 is 1. The fraction of sp³-hybridized carbons (Fsp3) is 0.286. The van der Waals surface area contributed by atoms with Crippen LogP contribution in [0, 0.1) is 0 Å². The maximum atomic E-state index is 5.75. The first kappa shape index (κ1) is 12.7. The van der Waals surface area contributed by atoms with Crippen LogP contribution < -0.4 is 10.5 Å². The molecule has 0 saturated carbocycles. The van der Waals surface area contributed by atoms with E-state index in [0.29, 0.717) is 13.2 Å². The number of benzene rings is 1. The van der Waals surface area contributed by atoms with Crippen molar-refractivity contribution in [3.8, 4) is 5.75 Å². The second-order valence-electron chi connectivity index (χ2n) is 3.83. The predicted octanol–water partition coefficient (Wildman–Crippen LogP) is 2.35. The molecule has 0 saturated heterocycles. The molecule has 0 bridgehead atoms. The molecule has 1 heterocycles. The van der Waals surface area contributed by atoms with Crippen LogP contribution in [0.2, 0.25) is 0 Å². The standard InChI is InChI=1S/C14H17NO3/c1-16-12-5-2-4-11(10-12)14(18-9-7-15)13-6-3-8-17-13/h2-6,8,10,14H,7,9,15H2,1H3. The van der Waals surface area contributed by atoms with E-state index < -0.39 is 0 Å². The summed E-state index contributed by atoms with van der Waals surface area (Å²) in [6.45, 7) is 0.948. The average molecular weight is 247 g/mol. The molecule has 0 aliphatic heterocycles. The molecule has 4 heteroatoms. The minimum atomic E-state index is -0.251. The summed E-state index contributed by atoms with van der Waals surface area (Å²) in [5.74, 6) is 1.55. The number of nitrogens with two attached hydrogens (primary N) is 1. The zero-order valence-corrected chi connectivity index (χ0v) is 10.3. The van der Waals surface area contributed by atoms with Crippen LogP contribution in [0.15, 0.2) is 47.1 Å². The maximum absolute atomic E-state index is 5.75. The second kappa shape index (κ2) is 6.23. The number of hydrogen-bond acceptors (Lipinski definition) is 4. The van der Waals surface area contributed by atoms with E-state index in [2.05, 4.69) is 0 Å². The molecular weight excluding hydrogens is 230 g/mol. The molecule has 0 aliphatic rings. The van der Waals surface area contributed by atoms with Crippen molar-refractivity contribution in [1.82, 2.24) is 0 Å². The molecule has 1 aromatic carbocycles. The highest BCUT2D eigenvalue weighted by molar-refractivity contribution is 5.33. The quantitative estimate of drug-likeness (QED) is 0.851. The number of hydrogen-bond donors (Lipinski definition) is 1. The molecule has 1 unspecified atom stereocenters. The van der Waals surface area contributed by atoms with Crippen molar-refractivity contribution in [3.63, 3.8) is 0 Å². The molecular formula is C14H17NO3. The van der Waals surface area contributed by atoms with Crippen LogP contribution in [0.4, 0.5) is 0 Å². The molecule has 18 heavy (non-hydrogen) atoms. The molecule has 1 aromatic heterocycles. The highest BCUT2D eigenvalue weighted by atomic mass is 16.5. The molecule has 0 amide bonds. The Morgan fingerprint density at radius 2 is 2.17 bits per heavy atom. The lowest BCUT2D eigenvalue weighted by atomic mass is 10.1. The van der Waals surface area contributed by atoms with Crippen molar-refractivity contribution in [2.45, 2.75) is 6.10 Å². The van der Waals surface area contributed by atoms with Crippen LogP contribution >= 0.6 is 0 Å². The van der Waals surface area contributed by atoms with E-state index in [9.17, 15) is 0 Å². The first-order valence-corrected chi connectivity index (χ1v) is 5.84. The van der Waals surface area contributed by atoms with Crippen LogP contribution in [0.3, 0.4) is 0 Å². The normalized spacial score (nSPS) is 12.3. The Hall–Kier alpha value is -1.78. The van der Waals surface area contributed by atoms with Crippen LogP contribution in [-0.4, -0.2) is 20.3 Å². The fourth-order valence-electron chi connectivity index (χ4n) is 1.77. The Bertz CT molecular complexity index is 468. The maximum Gasteiger partial charge on any atom is 0.140 e. The monoisotopic (exact) mass is 247 g/mol. The third-order valence-electron chi connectivity index (χ3n) is 2.60. The molecule has 0 spiro atoms. The lowest BCUT2D eigenvalue weighted by Gasteiger charge is -2.16. The summed E-state index contributed by atoms with van der Waals surface area (Å²) in [5, 5.41) is 0. The van der Waals surface area contributed by atoms with Crippen molar-refractivity contribution < 1.29 is 13.9 Å². The summed E-state index contributed by atoms with van der Waals surface area (Å²) in [6.07, 6.45) is 1.38. The van der Waals surface area contributed by atoms with Crippen LogP contribution in [0.5, 0.6) is 5.75 Å². The Morgan fingerprint density at radius 3 is 2.83 bits per heavy atom. The van der Waals surface area contributed by atoms with Crippen LogP contribution in [0.1, 0.15) is 17.4 Å². The molecule has 4 nitrogen and oxygen atoms in total. The Morgan fingerprint density at radius 1 is 1.28 bits per heavy atom. The minimum Gasteiger partial charge on any atom is -0.497 e. The van der Waals surface area contributed by atoms with E-state index in [-0.39, 0.29) is 6.10 Å². The smallest absolute Gasteiger partial charge is 0.140 e. The molecule has 0 radical (unpaired) electrons. The Balaban J connectivity index is 2.27. The van der Waals surface area contributed by atoms with Gasteiger partial charge in [0.1, 0.15) is 17.6 Å². The van der Waals surface area contributed by atoms with Crippen LogP contribution in [-0.2, 0) is 4.74 Å². The summed E-state index contributed by atoms with van der Waals surface area (Å²) in [6, 6.07) is 11.5. The van der Waals surface area contributed by atoms with Crippen molar-refractivity contribution in [3.05, 3.63) is 54.0 Å². The van der Waals surface area contributed by atoms with E-state index >= 15 is 0 Å². The lowest BCUT2D eigenvalue weighted by molar-refractivity contribution is 0.0708. The van der Waals surface area contributed by atoms with Gasteiger partial charge in [-0.15, -0.1) is 0 Å². The van der Waals surface area contributed by atoms with Crippen molar-refractivity contribution >= 4 is 0 Å². The van der Waals surface area contributed by atoms with Gasteiger partial charge >= 0.3 is 0 Å². The Kier molecular flexibility index (Phi) is 4.39. The summed E-state index contributed by atoms with van der Waals surface area (Å²) >= 11 is 0. The zero-order chi connectivity index (χ0) is 12.8. The molecule has 1 atom stereocenters. The first-order chi connectivity index (χ1) is 8.85. The highest BCUT2D eigenvalue weighted by Gasteiger charge is 2.17. The lowest BCUT2D eigenvalue weighted by Crippen LogP contribution is -2.13. The fourth-order valence-corrected chi connectivity index (χ4v) is 1.77. The van der Waals surface area contributed by atoms with E-state index in [1.54, 1.807) is 13.4 Å². The number of rotatable bonds is 6. The highest BCUT2D eigenvalue weighted by Crippen LogP contribution is 2.28.